The number of pyridine rings is 1. The van der Waals surface area contributed by atoms with Gasteiger partial charge >= 0.3 is 6.03 Å². The van der Waals surface area contributed by atoms with Crippen molar-refractivity contribution < 1.29 is 9.53 Å². The van der Waals surface area contributed by atoms with Crippen LogP contribution in [0.15, 0.2) is 48.7 Å². The molecule has 6 heteroatoms. The first kappa shape index (κ1) is 20.0. The lowest BCUT2D eigenvalue weighted by Crippen LogP contribution is -2.34. The van der Waals surface area contributed by atoms with Gasteiger partial charge in [0.1, 0.15) is 0 Å². The third kappa shape index (κ3) is 6.48. The summed E-state index contributed by atoms with van der Waals surface area (Å²) < 4.78 is 5.12. The molecule has 0 radical (unpaired) electrons. The summed E-state index contributed by atoms with van der Waals surface area (Å²) in [6.45, 7) is 4.50. The molecule has 0 spiro atoms. The number of carbonyl (C=O) groups excluding carboxylic acids is 1. The Morgan fingerprint density at radius 1 is 1.25 bits per heavy atom. The standard InChI is InChI=1S/C22H28N4O2/c1-28-15-14-26-13-11-19(17-26)16-24-22(27)25-21-9-6-18(7-10-21)5-8-20-4-2-3-12-23-20/h2-10,12,19H,11,13-17H2,1H3,(H2,24,25,27). The number of hydrogen-bond acceptors (Lipinski definition) is 4. The second kappa shape index (κ2) is 10.6. The fourth-order valence-corrected chi connectivity index (χ4v) is 3.25. The van der Waals surface area contributed by atoms with E-state index in [0.717, 1.165) is 49.6 Å². The molecule has 2 heterocycles. The zero-order chi connectivity index (χ0) is 19.6. The Hall–Kier alpha value is -2.70. The van der Waals surface area contributed by atoms with Crippen LogP contribution in [0.1, 0.15) is 17.7 Å². The minimum absolute atomic E-state index is 0.160. The van der Waals surface area contributed by atoms with E-state index >= 15 is 0 Å². The van der Waals surface area contributed by atoms with Crippen molar-refractivity contribution in [3.63, 3.8) is 0 Å². The van der Waals surface area contributed by atoms with Gasteiger partial charge in [-0.05, 0) is 54.8 Å². The maximum absolute atomic E-state index is 12.1. The van der Waals surface area contributed by atoms with Gasteiger partial charge in [-0.25, -0.2) is 4.79 Å². The Bertz CT molecular complexity index is 762. The van der Waals surface area contributed by atoms with Gasteiger partial charge < -0.3 is 20.3 Å². The number of nitrogens with one attached hydrogen (secondary N) is 2. The van der Waals surface area contributed by atoms with E-state index in [0.29, 0.717) is 12.5 Å². The molecule has 2 N–H and O–H groups in total. The molecule has 1 aromatic heterocycles. The molecule has 1 aromatic carbocycles. The van der Waals surface area contributed by atoms with Crippen LogP contribution in [0, 0.1) is 5.92 Å². The molecule has 0 aliphatic carbocycles. The molecule has 6 nitrogen and oxygen atoms in total. The van der Waals surface area contributed by atoms with Crippen LogP contribution < -0.4 is 10.6 Å². The summed E-state index contributed by atoms with van der Waals surface area (Å²) >= 11 is 0. The minimum Gasteiger partial charge on any atom is -0.383 e. The van der Waals surface area contributed by atoms with E-state index < -0.39 is 0 Å². The van der Waals surface area contributed by atoms with E-state index in [4.69, 9.17) is 4.74 Å². The molecule has 148 valence electrons. The van der Waals surface area contributed by atoms with Crippen molar-refractivity contribution >= 4 is 23.9 Å². The summed E-state index contributed by atoms with van der Waals surface area (Å²) in [4.78, 5) is 18.8. The Balaban J connectivity index is 1.40. The van der Waals surface area contributed by atoms with E-state index in [1.54, 1.807) is 13.3 Å². The van der Waals surface area contributed by atoms with Crippen molar-refractivity contribution in [3.8, 4) is 0 Å². The predicted octanol–water partition coefficient (Wildman–Crippen LogP) is 3.34. The van der Waals surface area contributed by atoms with Crippen molar-refractivity contribution in [1.29, 1.82) is 0 Å². The second-order valence-electron chi connectivity index (χ2n) is 6.99. The largest absolute Gasteiger partial charge is 0.383 e. The summed E-state index contributed by atoms with van der Waals surface area (Å²) in [5.41, 5.74) is 2.75. The third-order valence-electron chi connectivity index (χ3n) is 4.84. The summed E-state index contributed by atoms with van der Waals surface area (Å²) in [6, 6.07) is 13.4. The Kier molecular flexibility index (Phi) is 7.58. The van der Waals surface area contributed by atoms with Crippen LogP contribution in [0.2, 0.25) is 0 Å². The van der Waals surface area contributed by atoms with Crippen LogP contribution in [0.5, 0.6) is 0 Å². The number of rotatable bonds is 8. The van der Waals surface area contributed by atoms with Gasteiger partial charge in [0.2, 0.25) is 0 Å². The van der Waals surface area contributed by atoms with E-state index in [2.05, 4.69) is 20.5 Å². The first-order valence-electron chi connectivity index (χ1n) is 9.68. The minimum atomic E-state index is -0.160. The van der Waals surface area contributed by atoms with Crippen LogP contribution in [0.25, 0.3) is 12.2 Å². The average molecular weight is 380 g/mol. The molecular formula is C22H28N4O2. The molecule has 0 bridgehead atoms. The highest BCUT2D eigenvalue weighted by Crippen LogP contribution is 2.15. The number of ether oxygens (including phenoxy) is 1. The number of carbonyl (C=O) groups is 1. The van der Waals surface area contributed by atoms with Gasteiger partial charge in [0, 0.05) is 38.6 Å². The summed E-state index contributed by atoms with van der Waals surface area (Å²) in [6.07, 6.45) is 6.85. The normalized spacial score (nSPS) is 17.1. The van der Waals surface area contributed by atoms with E-state index in [1.165, 1.54) is 0 Å². The van der Waals surface area contributed by atoms with Crippen molar-refractivity contribution in [2.45, 2.75) is 6.42 Å². The molecule has 1 saturated heterocycles. The monoisotopic (exact) mass is 380 g/mol. The number of aromatic nitrogens is 1. The first-order chi connectivity index (χ1) is 13.7. The Morgan fingerprint density at radius 3 is 2.86 bits per heavy atom. The summed E-state index contributed by atoms with van der Waals surface area (Å²) in [5, 5.41) is 5.87. The molecule has 1 unspecified atom stereocenters. The lowest BCUT2D eigenvalue weighted by molar-refractivity contribution is 0.159. The maximum atomic E-state index is 12.1. The van der Waals surface area contributed by atoms with Crippen LogP contribution in [-0.4, -0.2) is 55.8 Å². The number of amides is 2. The van der Waals surface area contributed by atoms with E-state index in [-0.39, 0.29) is 6.03 Å². The van der Waals surface area contributed by atoms with Crippen molar-refractivity contribution in [3.05, 3.63) is 59.9 Å². The highest BCUT2D eigenvalue weighted by atomic mass is 16.5. The SMILES string of the molecule is COCCN1CCC(CNC(=O)Nc2ccc(C=Cc3ccccn3)cc2)C1. The fourth-order valence-electron chi connectivity index (χ4n) is 3.25. The number of nitrogens with zero attached hydrogens (tertiary/aromatic N) is 2. The molecule has 1 atom stereocenters. The molecule has 1 fully saturated rings. The molecule has 2 aromatic rings. The molecule has 2 amide bonds. The number of likely N-dealkylation sites (tertiary alicyclic amines) is 1. The molecule has 28 heavy (non-hydrogen) atoms. The van der Waals surface area contributed by atoms with Crippen LogP contribution in [0.3, 0.4) is 0 Å². The van der Waals surface area contributed by atoms with E-state index in [1.807, 2.05) is 54.6 Å². The van der Waals surface area contributed by atoms with Gasteiger partial charge in [-0.3, -0.25) is 4.98 Å². The first-order valence-corrected chi connectivity index (χ1v) is 9.68. The zero-order valence-corrected chi connectivity index (χ0v) is 16.3. The number of methoxy groups -OCH3 is 1. The fraction of sp³-hybridized carbons (Fsp3) is 0.364. The van der Waals surface area contributed by atoms with Crippen molar-refractivity contribution in [2.24, 2.45) is 5.92 Å². The Morgan fingerprint density at radius 2 is 2.11 bits per heavy atom. The van der Waals surface area contributed by atoms with Gasteiger partial charge in [-0.1, -0.05) is 24.3 Å². The lowest BCUT2D eigenvalue weighted by Gasteiger charge is -2.15. The molecule has 1 aliphatic heterocycles. The number of hydrogen-bond donors (Lipinski definition) is 2. The van der Waals surface area contributed by atoms with Gasteiger partial charge in [-0.15, -0.1) is 0 Å². The highest BCUT2D eigenvalue weighted by molar-refractivity contribution is 5.89. The molecule has 3 rings (SSSR count). The topological polar surface area (TPSA) is 66.5 Å². The van der Waals surface area contributed by atoms with Gasteiger partial charge in [0.25, 0.3) is 0 Å². The average Bonchev–Trinajstić information content (AvgIpc) is 3.19. The summed E-state index contributed by atoms with van der Waals surface area (Å²) in [7, 11) is 1.72. The van der Waals surface area contributed by atoms with Crippen molar-refractivity contribution in [2.75, 3.05) is 45.2 Å². The maximum Gasteiger partial charge on any atom is 0.319 e. The summed E-state index contributed by atoms with van der Waals surface area (Å²) in [5.74, 6) is 0.502. The highest BCUT2D eigenvalue weighted by Gasteiger charge is 2.22. The quantitative estimate of drug-likeness (QED) is 0.737. The predicted molar refractivity (Wildman–Crippen MR) is 113 cm³/mol. The number of anilines is 1. The van der Waals surface area contributed by atoms with Crippen LogP contribution >= 0.6 is 0 Å². The second-order valence-corrected chi connectivity index (χ2v) is 6.99. The van der Waals surface area contributed by atoms with Crippen LogP contribution in [0.4, 0.5) is 10.5 Å². The van der Waals surface area contributed by atoms with E-state index in [9.17, 15) is 4.79 Å². The van der Waals surface area contributed by atoms with Crippen molar-refractivity contribution in [1.82, 2.24) is 15.2 Å². The zero-order valence-electron chi connectivity index (χ0n) is 16.3. The lowest BCUT2D eigenvalue weighted by atomic mass is 10.1. The number of urea groups is 1. The van der Waals surface area contributed by atoms with Crippen LogP contribution in [-0.2, 0) is 4.74 Å². The molecular weight excluding hydrogens is 352 g/mol. The molecule has 1 aliphatic rings. The third-order valence-corrected chi connectivity index (χ3v) is 4.84. The van der Waals surface area contributed by atoms with Gasteiger partial charge in [-0.2, -0.15) is 0 Å². The molecule has 0 saturated carbocycles. The van der Waals surface area contributed by atoms with Gasteiger partial charge in [0.05, 0.1) is 12.3 Å². The Labute approximate surface area is 166 Å². The van der Waals surface area contributed by atoms with Gasteiger partial charge in [0.15, 0.2) is 0 Å². The number of benzene rings is 1. The smallest absolute Gasteiger partial charge is 0.319 e.